The summed E-state index contributed by atoms with van der Waals surface area (Å²) in [6.45, 7) is 7.22. The normalized spacial score (nSPS) is 18.1. The first-order chi connectivity index (χ1) is 6.96. The Balaban J connectivity index is 2.68. The number of hydrogen-bond acceptors (Lipinski definition) is 2. The van der Waals surface area contributed by atoms with Crippen molar-refractivity contribution in [3.05, 3.63) is 0 Å². The maximum atomic E-state index is 12.2. The molecule has 0 aliphatic heterocycles. The third-order valence-electron chi connectivity index (χ3n) is 3.04. The number of nitrogens with zero attached hydrogens (tertiary/aromatic N) is 1. The van der Waals surface area contributed by atoms with Crippen LogP contribution in [0.1, 0.15) is 46.5 Å². The lowest BCUT2D eigenvalue weighted by molar-refractivity contribution is -0.141. The summed E-state index contributed by atoms with van der Waals surface area (Å²) in [5, 5.41) is 0. The van der Waals surface area contributed by atoms with Gasteiger partial charge in [0.25, 0.3) is 0 Å². The average molecular weight is 212 g/mol. The van der Waals surface area contributed by atoms with Gasteiger partial charge in [-0.3, -0.25) is 4.79 Å². The molecule has 0 unspecified atom stereocenters. The summed E-state index contributed by atoms with van der Waals surface area (Å²) in [6.07, 6.45) is 4.82. The molecule has 15 heavy (non-hydrogen) atoms. The molecule has 0 aromatic heterocycles. The van der Waals surface area contributed by atoms with Crippen LogP contribution < -0.4 is 5.73 Å². The minimum Gasteiger partial charge on any atom is -0.338 e. The van der Waals surface area contributed by atoms with Gasteiger partial charge < -0.3 is 10.6 Å². The lowest BCUT2D eigenvalue weighted by Gasteiger charge is -2.34. The lowest BCUT2D eigenvalue weighted by Crippen LogP contribution is -2.47. The van der Waals surface area contributed by atoms with Crippen molar-refractivity contribution in [2.75, 3.05) is 13.1 Å². The molecular formula is C12H24N2O. The Morgan fingerprint density at radius 2 is 1.87 bits per heavy atom. The molecule has 3 nitrogen and oxygen atoms in total. The Labute approximate surface area is 93.0 Å². The Hall–Kier alpha value is -0.570. The van der Waals surface area contributed by atoms with Crippen molar-refractivity contribution in [3.63, 3.8) is 0 Å². The molecule has 2 N–H and O–H groups in total. The van der Waals surface area contributed by atoms with Crippen LogP contribution in [0.3, 0.4) is 0 Å². The molecule has 0 spiro atoms. The first-order valence-electron chi connectivity index (χ1n) is 5.98. The zero-order valence-electron chi connectivity index (χ0n) is 10.3. The van der Waals surface area contributed by atoms with E-state index in [-0.39, 0.29) is 11.3 Å². The molecule has 3 heteroatoms. The van der Waals surface area contributed by atoms with E-state index in [1.54, 1.807) is 0 Å². The van der Waals surface area contributed by atoms with Crippen molar-refractivity contribution in [1.29, 1.82) is 0 Å². The topological polar surface area (TPSA) is 46.3 Å². The molecule has 1 saturated carbocycles. The fourth-order valence-electron chi connectivity index (χ4n) is 2.24. The molecule has 1 aliphatic rings. The van der Waals surface area contributed by atoms with Gasteiger partial charge in [0.05, 0.1) is 0 Å². The molecule has 0 aromatic rings. The van der Waals surface area contributed by atoms with Gasteiger partial charge in [-0.05, 0) is 12.8 Å². The second-order valence-corrected chi connectivity index (χ2v) is 5.48. The van der Waals surface area contributed by atoms with Crippen LogP contribution >= 0.6 is 0 Å². The van der Waals surface area contributed by atoms with Gasteiger partial charge in [0, 0.05) is 24.5 Å². The molecule has 0 heterocycles. The highest BCUT2D eigenvalue weighted by Gasteiger charge is 2.32. The summed E-state index contributed by atoms with van der Waals surface area (Å²) < 4.78 is 0. The van der Waals surface area contributed by atoms with Gasteiger partial charge >= 0.3 is 0 Å². The highest BCUT2D eigenvalue weighted by atomic mass is 16.2. The van der Waals surface area contributed by atoms with E-state index < -0.39 is 0 Å². The summed E-state index contributed by atoms with van der Waals surface area (Å²) in [7, 11) is 0. The van der Waals surface area contributed by atoms with E-state index in [1.807, 2.05) is 25.7 Å². The third kappa shape index (κ3) is 3.20. The van der Waals surface area contributed by atoms with Crippen LogP contribution in [0.25, 0.3) is 0 Å². The van der Waals surface area contributed by atoms with Gasteiger partial charge in [-0.2, -0.15) is 0 Å². The number of hydrogen-bond donors (Lipinski definition) is 1. The van der Waals surface area contributed by atoms with E-state index in [4.69, 9.17) is 5.73 Å². The molecular weight excluding hydrogens is 188 g/mol. The van der Waals surface area contributed by atoms with Gasteiger partial charge in [-0.15, -0.1) is 0 Å². The average Bonchev–Trinajstić information content (AvgIpc) is 2.64. The van der Waals surface area contributed by atoms with Crippen molar-refractivity contribution in [1.82, 2.24) is 4.90 Å². The molecule has 0 aromatic carbocycles. The zero-order chi connectivity index (χ0) is 11.5. The number of nitrogens with two attached hydrogens (primary N) is 1. The van der Waals surface area contributed by atoms with Gasteiger partial charge in [0.15, 0.2) is 0 Å². The third-order valence-corrected chi connectivity index (χ3v) is 3.04. The molecule has 1 amide bonds. The van der Waals surface area contributed by atoms with Crippen LogP contribution in [-0.4, -0.2) is 29.9 Å². The van der Waals surface area contributed by atoms with Crippen LogP contribution in [0.5, 0.6) is 0 Å². The number of carbonyl (C=O) groups is 1. The maximum absolute atomic E-state index is 12.2. The minimum atomic E-state index is -0.280. The standard InChI is InChI=1S/C12H24N2O/c1-12(2,3)11(15)14(9-8-13)10-6-4-5-7-10/h10H,4-9,13H2,1-3H3. The Morgan fingerprint density at radius 1 is 1.33 bits per heavy atom. The van der Waals surface area contributed by atoms with Crippen LogP contribution in [-0.2, 0) is 4.79 Å². The van der Waals surface area contributed by atoms with E-state index in [0.29, 0.717) is 19.1 Å². The molecule has 88 valence electrons. The quantitative estimate of drug-likeness (QED) is 0.775. The van der Waals surface area contributed by atoms with E-state index in [1.165, 1.54) is 12.8 Å². The SMILES string of the molecule is CC(C)(C)C(=O)N(CCN)C1CCCC1. The summed E-state index contributed by atoms with van der Waals surface area (Å²) in [5.41, 5.74) is 5.30. The first kappa shape index (κ1) is 12.5. The number of amides is 1. The molecule has 1 aliphatic carbocycles. The van der Waals surface area contributed by atoms with Gasteiger partial charge in [0.2, 0.25) is 5.91 Å². The highest BCUT2D eigenvalue weighted by molar-refractivity contribution is 5.81. The Morgan fingerprint density at radius 3 is 2.27 bits per heavy atom. The molecule has 0 saturated heterocycles. The monoisotopic (exact) mass is 212 g/mol. The molecule has 0 bridgehead atoms. The summed E-state index contributed by atoms with van der Waals surface area (Å²) >= 11 is 0. The summed E-state index contributed by atoms with van der Waals surface area (Å²) in [4.78, 5) is 14.2. The van der Waals surface area contributed by atoms with Crippen LogP contribution in [0, 0.1) is 5.41 Å². The zero-order valence-corrected chi connectivity index (χ0v) is 10.3. The Bertz CT molecular complexity index is 214. The van der Waals surface area contributed by atoms with E-state index in [9.17, 15) is 4.79 Å². The summed E-state index contributed by atoms with van der Waals surface area (Å²) in [5.74, 6) is 0.250. The fourth-order valence-corrected chi connectivity index (χ4v) is 2.24. The largest absolute Gasteiger partial charge is 0.338 e. The number of carbonyl (C=O) groups excluding carboxylic acids is 1. The van der Waals surface area contributed by atoms with Gasteiger partial charge in [-0.25, -0.2) is 0 Å². The van der Waals surface area contributed by atoms with Crippen molar-refractivity contribution in [3.8, 4) is 0 Å². The second kappa shape index (κ2) is 4.97. The minimum absolute atomic E-state index is 0.250. The molecule has 1 rings (SSSR count). The van der Waals surface area contributed by atoms with Crippen molar-refractivity contribution in [2.24, 2.45) is 11.1 Å². The predicted molar refractivity (Wildman–Crippen MR) is 62.5 cm³/mol. The molecule has 0 atom stereocenters. The van der Waals surface area contributed by atoms with Crippen molar-refractivity contribution in [2.45, 2.75) is 52.5 Å². The van der Waals surface area contributed by atoms with E-state index in [0.717, 1.165) is 12.8 Å². The first-order valence-corrected chi connectivity index (χ1v) is 5.98. The van der Waals surface area contributed by atoms with E-state index in [2.05, 4.69) is 0 Å². The molecule has 0 radical (unpaired) electrons. The second-order valence-electron chi connectivity index (χ2n) is 5.48. The number of rotatable bonds is 3. The van der Waals surface area contributed by atoms with Crippen molar-refractivity contribution >= 4 is 5.91 Å². The maximum Gasteiger partial charge on any atom is 0.228 e. The van der Waals surface area contributed by atoms with E-state index >= 15 is 0 Å². The predicted octanol–water partition coefficient (Wildman–Crippen LogP) is 1.76. The lowest BCUT2D eigenvalue weighted by atomic mass is 9.93. The van der Waals surface area contributed by atoms with Crippen LogP contribution in [0.15, 0.2) is 0 Å². The highest BCUT2D eigenvalue weighted by Crippen LogP contribution is 2.27. The van der Waals surface area contributed by atoms with Gasteiger partial charge in [-0.1, -0.05) is 33.6 Å². The Kier molecular flexibility index (Phi) is 4.14. The molecule has 1 fully saturated rings. The van der Waals surface area contributed by atoms with Crippen LogP contribution in [0.4, 0.5) is 0 Å². The summed E-state index contributed by atoms with van der Waals surface area (Å²) in [6, 6.07) is 0.445. The smallest absolute Gasteiger partial charge is 0.228 e. The van der Waals surface area contributed by atoms with Crippen LogP contribution in [0.2, 0.25) is 0 Å². The van der Waals surface area contributed by atoms with Gasteiger partial charge in [0.1, 0.15) is 0 Å². The fraction of sp³-hybridized carbons (Fsp3) is 0.917. The van der Waals surface area contributed by atoms with Crippen molar-refractivity contribution < 1.29 is 4.79 Å².